The predicted octanol–water partition coefficient (Wildman–Crippen LogP) is 1.58. The van der Waals surface area contributed by atoms with Gasteiger partial charge < -0.3 is 15.7 Å². The van der Waals surface area contributed by atoms with E-state index in [0.29, 0.717) is 6.42 Å². The molecular weight excluding hydrogens is 228 g/mol. The van der Waals surface area contributed by atoms with E-state index in [1.807, 2.05) is 36.1 Å². The summed E-state index contributed by atoms with van der Waals surface area (Å²) >= 11 is 0. The van der Waals surface area contributed by atoms with Crippen molar-refractivity contribution >= 4 is 11.6 Å². The van der Waals surface area contributed by atoms with Crippen LogP contribution in [0.1, 0.15) is 37.9 Å². The zero-order valence-corrected chi connectivity index (χ0v) is 10.7. The van der Waals surface area contributed by atoms with Crippen LogP contribution in [0.15, 0.2) is 24.3 Å². The number of aliphatic hydroxyl groups excluding tert-OH is 1. The molecule has 0 bridgehead atoms. The van der Waals surface area contributed by atoms with Crippen molar-refractivity contribution in [2.45, 2.75) is 38.3 Å². The molecule has 0 aromatic heterocycles. The molecule has 1 aromatic rings. The van der Waals surface area contributed by atoms with Gasteiger partial charge in [0.2, 0.25) is 5.91 Å². The van der Waals surface area contributed by atoms with Crippen LogP contribution in [0.2, 0.25) is 0 Å². The van der Waals surface area contributed by atoms with Crippen molar-refractivity contribution in [2.75, 3.05) is 11.4 Å². The molecule has 4 nitrogen and oxygen atoms in total. The number of nitrogens with zero attached hydrogens (tertiary/aromatic N) is 1. The fraction of sp³-hybridized carbons (Fsp3) is 0.500. The van der Waals surface area contributed by atoms with E-state index >= 15 is 0 Å². The highest BCUT2D eigenvalue weighted by Gasteiger charge is 2.30. The molecule has 0 aliphatic carbocycles. The van der Waals surface area contributed by atoms with Crippen molar-refractivity contribution < 1.29 is 9.90 Å². The van der Waals surface area contributed by atoms with Crippen LogP contribution in [-0.4, -0.2) is 23.6 Å². The molecule has 1 aliphatic heterocycles. The molecule has 0 radical (unpaired) electrons. The zero-order valence-electron chi connectivity index (χ0n) is 10.7. The number of benzene rings is 1. The zero-order chi connectivity index (χ0) is 13.1. The Morgan fingerprint density at radius 2 is 2.28 bits per heavy atom. The summed E-state index contributed by atoms with van der Waals surface area (Å²) in [6.45, 7) is 2.76. The van der Waals surface area contributed by atoms with Gasteiger partial charge in [0.25, 0.3) is 0 Å². The largest absolute Gasteiger partial charge is 0.388 e. The molecule has 1 aliphatic rings. The third kappa shape index (κ3) is 2.34. The van der Waals surface area contributed by atoms with Gasteiger partial charge in [0, 0.05) is 17.8 Å². The molecule has 1 fully saturated rings. The number of carbonyl (C=O) groups excluding carboxylic acids is 1. The number of anilines is 1. The lowest BCUT2D eigenvalue weighted by Crippen LogP contribution is -2.40. The summed E-state index contributed by atoms with van der Waals surface area (Å²) in [7, 11) is 0. The maximum atomic E-state index is 11.5. The number of primary amides is 1. The number of carbonyl (C=O) groups is 1. The number of amides is 1. The second-order valence-corrected chi connectivity index (χ2v) is 4.74. The maximum Gasteiger partial charge on any atom is 0.240 e. The van der Waals surface area contributed by atoms with Gasteiger partial charge in [-0.2, -0.15) is 0 Å². The monoisotopic (exact) mass is 248 g/mol. The molecule has 0 saturated carbocycles. The van der Waals surface area contributed by atoms with Gasteiger partial charge in [-0.1, -0.05) is 25.1 Å². The Morgan fingerprint density at radius 1 is 1.56 bits per heavy atom. The molecule has 2 rings (SSSR count). The first kappa shape index (κ1) is 12.9. The third-order valence-corrected chi connectivity index (χ3v) is 3.57. The van der Waals surface area contributed by atoms with Crippen LogP contribution in [0, 0.1) is 0 Å². The summed E-state index contributed by atoms with van der Waals surface area (Å²) in [5.41, 5.74) is 7.26. The lowest BCUT2D eigenvalue weighted by molar-refractivity contribution is -0.119. The molecule has 3 N–H and O–H groups in total. The predicted molar refractivity (Wildman–Crippen MR) is 71.3 cm³/mol. The first-order valence-electron chi connectivity index (χ1n) is 6.48. The molecule has 1 aromatic carbocycles. The van der Waals surface area contributed by atoms with E-state index in [9.17, 15) is 9.90 Å². The summed E-state index contributed by atoms with van der Waals surface area (Å²) < 4.78 is 0. The molecule has 98 valence electrons. The van der Waals surface area contributed by atoms with E-state index < -0.39 is 6.10 Å². The summed E-state index contributed by atoms with van der Waals surface area (Å²) in [5.74, 6) is -0.284. The van der Waals surface area contributed by atoms with Crippen LogP contribution in [-0.2, 0) is 4.79 Å². The second kappa shape index (κ2) is 5.40. The molecule has 2 atom stereocenters. The normalized spacial score (nSPS) is 21.0. The summed E-state index contributed by atoms with van der Waals surface area (Å²) in [5, 5.41) is 10.1. The number of para-hydroxylation sites is 1. The minimum Gasteiger partial charge on any atom is -0.388 e. The van der Waals surface area contributed by atoms with E-state index in [4.69, 9.17) is 5.73 Å². The topological polar surface area (TPSA) is 66.6 Å². The Kier molecular flexibility index (Phi) is 3.87. The minimum absolute atomic E-state index is 0.241. The van der Waals surface area contributed by atoms with Crippen LogP contribution in [0.4, 0.5) is 5.69 Å². The van der Waals surface area contributed by atoms with Crippen molar-refractivity contribution in [2.24, 2.45) is 5.73 Å². The van der Waals surface area contributed by atoms with Gasteiger partial charge in [-0.15, -0.1) is 0 Å². The van der Waals surface area contributed by atoms with Crippen LogP contribution in [0.5, 0.6) is 0 Å². The molecule has 1 heterocycles. The Labute approximate surface area is 107 Å². The van der Waals surface area contributed by atoms with Gasteiger partial charge in [-0.05, 0) is 25.3 Å². The third-order valence-electron chi connectivity index (χ3n) is 3.57. The molecule has 1 amide bonds. The molecule has 1 saturated heterocycles. The average molecular weight is 248 g/mol. The fourth-order valence-electron chi connectivity index (χ4n) is 2.60. The number of rotatable bonds is 4. The first-order valence-corrected chi connectivity index (χ1v) is 6.48. The van der Waals surface area contributed by atoms with Crippen molar-refractivity contribution in [3.05, 3.63) is 29.8 Å². The van der Waals surface area contributed by atoms with Crippen LogP contribution < -0.4 is 10.6 Å². The highest BCUT2D eigenvalue weighted by Crippen LogP contribution is 2.32. The van der Waals surface area contributed by atoms with Gasteiger partial charge in [-0.3, -0.25) is 4.79 Å². The van der Waals surface area contributed by atoms with E-state index in [2.05, 4.69) is 0 Å². The first-order chi connectivity index (χ1) is 8.65. The van der Waals surface area contributed by atoms with Crippen molar-refractivity contribution in [3.63, 3.8) is 0 Å². The van der Waals surface area contributed by atoms with Crippen molar-refractivity contribution in [3.8, 4) is 0 Å². The van der Waals surface area contributed by atoms with Crippen molar-refractivity contribution in [1.82, 2.24) is 0 Å². The lowest BCUT2D eigenvalue weighted by Gasteiger charge is -2.28. The second-order valence-electron chi connectivity index (χ2n) is 4.74. The molecule has 0 spiro atoms. The molecular formula is C14H20N2O2. The smallest absolute Gasteiger partial charge is 0.240 e. The van der Waals surface area contributed by atoms with Crippen molar-refractivity contribution in [1.29, 1.82) is 0 Å². The standard InChI is InChI=1S/C14H20N2O2/c1-2-13(17)10-6-3-4-7-11(10)16-9-5-8-12(16)14(15)18/h3-4,6-7,12-13,17H,2,5,8-9H2,1H3,(H2,15,18). The lowest BCUT2D eigenvalue weighted by atomic mass is 10.0. The number of hydrogen-bond acceptors (Lipinski definition) is 3. The van der Waals surface area contributed by atoms with Crippen LogP contribution >= 0.6 is 0 Å². The summed E-state index contributed by atoms with van der Waals surface area (Å²) in [6.07, 6.45) is 1.93. The minimum atomic E-state index is -0.490. The Morgan fingerprint density at radius 3 is 2.94 bits per heavy atom. The summed E-state index contributed by atoms with van der Waals surface area (Å²) in [4.78, 5) is 13.5. The van der Waals surface area contributed by atoms with Gasteiger partial charge in [0.1, 0.15) is 6.04 Å². The fourth-order valence-corrected chi connectivity index (χ4v) is 2.60. The number of hydrogen-bond donors (Lipinski definition) is 2. The van der Waals surface area contributed by atoms with E-state index in [1.54, 1.807) is 0 Å². The van der Waals surface area contributed by atoms with Gasteiger partial charge in [0.05, 0.1) is 6.10 Å². The average Bonchev–Trinajstić information content (AvgIpc) is 2.87. The quantitative estimate of drug-likeness (QED) is 0.850. The number of nitrogens with two attached hydrogens (primary N) is 1. The number of aliphatic hydroxyl groups is 1. The molecule has 2 unspecified atom stereocenters. The molecule has 18 heavy (non-hydrogen) atoms. The Hall–Kier alpha value is -1.55. The molecule has 4 heteroatoms. The highest BCUT2D eigenvalue weighted by atomic mass is 16.3. The van der Waals surface area contributed by atoms with E-state index in [-0.39, 0.29) is 11.9 Å². The van der Waals surface area contributed by atoms with E-state index in [0.717, 1.165) is 30.6 Å². The Bertz CT molecular complexity index is 434. The van der Waals surface area contributed by atoms with Gasteiger partial charge in [-0.25, -0.2) is 0 Å². The van der Waals surface area contributed by atoms with E-state index in [1.165, 1.54) is 0 Å². The Balaban J connectivity index is 2.35. The van der Waals surface area contributed by atoms with Gasteiger partial charge in [0.15, 0.2) is 0 Å². The van der Waals surface area contributed by atoms with Crippen LogP contribution in [0.25, 0.3) is 0 Å². The van der Waals surface area contributed by atoms with Gasteiger partial charge >= 0.3 is 0 Å². The maximum absolute atomic E-state index is 11.5. The highest BCUT2D eigenvalue weighted by molar-refractivity contribution is 5.84. The van der Waals surface area contributed by atoms with Crippen LogP contribution in [0.3, 0.4) is 0 Å². The SMILES string of the molecule is CCC(O)c1ccccc1N1CCCC1C(N)=O. The summed E-state index contributed by atoms with van der Waals surface area (Å²) in [6, 6.07) is 7.47.